The van der Waals surface area contributed by atoms with Gasteiger partial charge in [-0.1, -0.05) is 6.07 Å². The summed E-state index contributed by atoms with van der Waals surface area (Å²) in [5.41, 5.74) is 3.66. The van der Waals surface area contributed by atoms with Gasteiger partial charge in [0.1, 0.15) is 5.75 Å². The van der Waals surface area contributed by atoms with Crippen LogP contribution in [0.2, 0.25) is 0 Å². The Balaban J connectivity index is 2.65. The number of ether oxygens (including phenoxy) is 1. The van der Waals surface area contributed by atoms with Crippen LogP contribution in [0, 0.1) is 32.1 Å². The molecule has 15 heavy (non-hydrogen) atoms. The van der Waals surface area contributed by atoms with E-state index in [4.69, 9.17) is 10.00 Å². The fourth-order valence-corrected chi connectivity index (χ4v) is 1.48. The Bertz CT molecular complexity index is 377. The molecule has 0 atom stereocenters. The lowest BCUT2D eigenvalue weighted by atomic mass is 10.1. The minimum atomic E-state index is 0.559. The van der Waals surface area contributed by atoms with Crippen molar-refractivity contribution in [2.75, 3.05) is 6.61 Å². The Morgan fingerprint density at radius 2 is 2.00 bits per heavy atom. The summed E-state index contributed by atoms with van der Waals surface area (Å²) >= 11 is 0. The number of hydrogen-bond donors (Lipinski definition) is 0. The van der Waals surface area contributed by atoms with E-state index in [0.29, 0.717) is 13.0 Å². The Hall–Kier alpha value is -1.49. The van der Waals surface area contributed by atoms with E-state index in [-0.39, 0.29) is 0 Å². The van der Waals surface area contributed by atoms with Gasteiger partial charge in [0.05, 0.1) is 12.7 Å². The third kappa shape index (κ3) is 3.28. The molecule has 0 fully saturated rings. The van der Waals surface area contributed by atoms with Crippen LogP contribution in [0.3, 0.4) is 0 Å². The maximum atomic E-state index is 8.40. The number of hydrogen-bond acceptors (Lipinski definition) is 2. The lowest BCUT2D eigenvalue weighted by molar-refractivity contribution is 0.310. The summed E-state index contributed by atoms with van der Waals surface area (Å²) in [5.74, 6) is 0.949. The van der Waals surface area contributed by atoms with Crippen LogP contribution >= 0.6 is 0 Å². The molecule has 0 aromatic heterocycles. The van der Waals surface area contributed by atoms with Crippen LogP contribution in [0.15, 0.2) is 12.1 Å². The summed E-state index contributed by atoms with van der Waals surface area (Å²) in [5, 5.41) is 8.40. The van der Waals surface area contributed by atoms with Crippen LogP contribution in [-0.4, -0.2) is 6.61 Å². The number of nitriles is 1. The molecule has 0 aliphatic rings. The van der Waals surface area contributed by atoms with Crippen LogP contribution in [0.25, 0.3) is 0 Å². The quantitative estimate of drug-likeness (QED) is 0.703. The number of aryl methyl sites for hydroxylation is 2. The maximum Gasteiger partial charge on any atom is 0.122 e. The Morgan fingerprint density at radius 3 is 2.67 bits per heavy atom. The van der Waals surface area contributed by atoms with Gasteiger partial charge >= 0.3 is 0 Å². The zero-order chi connectivity index (χ0) is 11.3. The molecule has 2 heteroatoms. The van der Waals surface area contributed by atoms with E-state index >= 15 is 0 Å². The fraction of sp³-hybridized carbons (Fsp3) is 0.462. The minimum Gasteiger partial charge on any atom is -0.493 e. The predicted octanol–water partition coefficient (Wildman–Crippen LogP) is 3.29. The largest absolute Gasteiger partial charge is 0.493 e. The molecule has 0 radical (unpaired) electrons. The molecule has 0 aliphatic heterocycles. The lowest BCUT2D eigenvalue weighted by Crippen LogP contribution is -2.00. The summed E-state index contributed by atoms with van der Waals surface area (Å²) in [7, 11) is 0. The zero-order valence-corrected chi connectivity index (χ0v) is 9.63. The SMILES string of the molecule is Cc1cc(C)c(C)c(OCCCC#N)c1. The van der Waals surface area contributed by atoms with E-state index in [2.05, 4.69) is 39.0 Å². The monoisotopic (exact) mass is 203 g/mol. The third-order valence-electron chi connectivity index (χ3n) is 2.45. The van der Waals surface area contributed by atoms with E-state index in [0.717, 1.165) is 12.2 Å². The summed E-state index contributed by atoms with van der Waals surface area (Å²) in [4.78, 5) is 0. The van der Waals surface area contributed by atoms with Gasteiger partial charge in [0.2, 0.25) is 0 Å². The molecule has 2 nitrogen and oxygen atoms in total. The van der Waals surface area contributed by atoms with E-state index in [1.807, 2.05) is 0 Å². The van der Waals surface area contributed by atoms with Gasteiger partial charge in [0.15, 0.2) is 0 Å². The molecular weight excluding hydrogens is 186 g/mol. The molecule has 0 unspecified atom stereocenters. The first-order valence-electron chi connectivity index (χ1n) is 5.22. The summed E-state index contributed by atoms with van der Waals surface area (Å²) in [6.07, 6.45) is 1.35. The number of rotatable bonds is 4. The molecule has 0 saturated heterocycles. The summed E-state index contributed by atoms with van der Waals surface area (Å²) < 4.78 is 5.65. The van der Waals surface area contributed by atoms with Crippen molar-refractivity contribution >= 4 is 0 Å². The highest BCUT2D eigenvalue weighted by Gasteiger charge is 2.03. The Labute approximate surface area is 91.5 Å². The first-order valence-corrected chi connectivity index (χ1v) is 5.22. The highest BCUT2D eigenvalue weighted by atomic mass is 16.5. The Kier molecular flexibility index (Phi) is 4.17. The molecule has 0 aliphatic carbocycles. The van der Waals surface area contributed by atoms with Crippen molar-refractivity contribution in [3.63, 3.8) is 0 Å². The standard InChI is InChI=1S/C13H17NO/c1-10-8-11(2)12(3)13(9-10)15-7-5-4-6-14/h8-9H,4-5,7H2,1-3H3. The van der Waals surface area contributed by atoms with Gasteiger partial charge in [-0.15, -0.1) is 0 Å². The molecule has 0 N–H and O–H groups in total. The van der Waals surface area contributed by atoms with Crippen molar-refractivity contribution in [1.82, 2.24) is 0 Å². The van der Waals surface area contributed by atoms with Crippen LogP contribution < -0.4 is 4.74 Å². The summed E-state index contributed by atoms with van der Waals surface area (Å²) in [6.45, 7) is 6.84. The molecule has 0 amide bonds. The van der Waals surface area contributed by atoms with Crippen LogP contribution in [-0.2, 0) is 0 Å². The van der Waals surface area contributed by atoms with Crippen LogP contribution in [0.4, 0.5) is 0 Å². The highest BCUT2D eigenvalue weighted by molar-refractivity contribution is 5.41. The normalized spacial score (nSPS) is 9.73. The zero-order valence-electron chi connectivity index (χ0n) is 9.63. The minimum absolute atomic E-state index is 0.559. The topological polar surface area (TPSA) is 33.0 Å². The number of nitrogens with zero attached hydrogens (tertiary/aromatic N) is 1. The van der Waals surface area contributed by atoms with E-state index in [1.54, 1.807) is 0 Å². The first kappa shape index (κ1) is 11.6. The molecular formula is C13H17NO. The smallest absolute Gasteiger partial charge is 0.122 e. The number of unbranched alkanes of at least 4 members (excludes halogenated alkanes) is 1. The van der Waals surface area contributed by atoms with Crippen molar-refractivity contribution in [2.24, 2.45) is 0 Å². The fourth-order valence-electron chi connectivity index (χ4n) is 1.48. The second-order valence-electron chi connectivity index (χ2n) is 3.82. The Morgan fingerprint density at radius 1 is 1.27 bits per heavy atom. The van der Waals surface area contributed by atoms with E-state index in [9.17, 15) is 0 Å². The molecule has 0 heterocycles. The van der Waals surface area contributed by atoms with Crippen molar-refractivity contribution in [1.29, 1.82) is 5.26 Å². The predicted molar refractivity (Wildman–Crippen MR) is 61.0 cm³/mol. The number of benzene rings is 1. The second-order valence-corrected chi connectivity index (χ2v) is 3.82. The third-order valence-corrected chi connectivity index (χ3v) is 2.45. The van der Waals surface area contributed by atoms with Crippen molar-refractivity contribution in [3.8, 4) is 11.8 Å². The van der Waals surface area contributed by atoms with Crippen LogP contribution in [0.1, 0.15) is 29.5 Å². The van der Waals surface area contributed by atoms with Crippen molar-refractivity contribution in [3.05, 3.63) is 28.8 Å². The van der Waals surface area contributed by atoms with Gasteiger partial charge in [0, 0.05) is 6.42 Å². The van der Waals surface area contributed by atoms with Gasteiger partial charge in [-0.05, 0) is 49.9 Å². The van der Waals surface area contributed by atoms with Gasteiger partial charge in [-0.2, -0.15) is 5.26 Å². The van der Waals surface area contributed by atoms with Crippen molar-refractivity contribution in [2.45, 2.75) is 33.6 Å². The second kappa shape index (κ2) is 5.41. The lowest BCUT2D eigenvalue weighted by Gasteiger charge is -2.11. The molecule has 1 aromatic rings. The summed E-state index contributed by atoms with van der Waals surface area (Å²) in [6, 6.07) is 6.31. The van der Waals surface area contributed by atoms with Crippen LogP contribution in [0.5, 0.6) is 5.75 Å². The molecule has 80 valence electrons. The molecule has 0 saturated carbocycles. The average Bonchev–Trinajstić information content (AvgIpc) is 2.19. The average molecular weight is 203 g/mol. The van der Waals surface area contributed by atoms with Crippen molar-refractivity contribution < 1.29 is 4.74 Å². The molecule has 0 spiro atoms. The van der Waals surface area contributed by atoms with Gasteiger partial charge in [-0.25, -0.2) is 0 Å². The van der Waals surface area contributed by atoms with Gasteiger partial charge < -0.3 is 4.74 Å². The maximum absolute atomic E-state index is 8.40. The van der Waals surface area contributed by atoms with E-state index < -0.39 is 0 Å². The van der Waals surface area contributed by atoms with E-state index in [1.165, 1.54) is 16.7 Å². The molecule has 1 rings (SSSR count). The van der Waals surface area contributed by atoms with Gasteiger partial charge in [-0.3, -0.25) is 0 Å². The van der Waals surface area contributed by atoms with Gasteiger partial charge in [0.25, 0.3) is 0 Å². The molecule has 1 aromatic carbocycles. The first-order chi connectivity index (χ1) is 7.15. The molecule has 0 bridgehead atoms. The highest BCUT2D eigenvalue weighted by Crippen LogP contribution is 2.23.